The summed E-state index contributed by atoms with van der Waals surface area (Å²) >= 11 is 5.85. The minimum atomic E-state index is -0.0934. The first-order valence-electron chi connectivity index (χ1n) is 5.76. The molecular formula is C13H20ClNO2. The van der Waals surface area contributed by atoms with Gasteiger partial charge in [-0.2, -0.15) is 0 Å². The summed E-state index contributed by atoms with van der Waals surface area (Å²) in [5, 5.41) is 0.719. The Morgan fingerprint density at radius 1 is 1.24 bits per heavy atom. The second kappa shape index (κ2) is 7.67. The molecule has 1 aromatic rings. The quantitative estimate of drug-likeness (QED) is 0.764. The molecule has 2 atom stereocenters. The predicted molar refractivity (Wildman–Crippen MR) is 70.3 cm³/mol. The normalized spacial score (nSPS) is 14.6. The van der Waals surface area contributed by atoms with Gasteiger partial charge in [0.05, 0.1) is 6.10 Å². The lowest BCUT2D eigenvalue weighted by molar-refractivity contribution is 0.0264. The first-order chi connectivity index (χ1) is 8.15. The van der Waals surface area contributed by atoms with Gasteiger partial charge in [0.1, 0.15) is 0 Å². The topological polar surface area (TPSA) is 44.5 Å². The monoisotopic (exact) mass is 257 g/mol. The van der Waals surface area contributed by atoms with Crippen LogP contribution in [0.5, 0.6) is 0 Å². The predicted octanol–water partition coefficient (Wildman–Crippen LogP) is 2.78. The zero-order chi connectivity index (χ0) is 12.7. The fourth-order valence-corrected chi connectivity index (χ4v) is 1.74. The Morgan fingerprint density at radius 2 is 1.88 bits per heavy atom. The van der Waals surface area contributed by atoms with E-state index in [-0.39, 0.29) is 12.1 Å². The van der Waals surface area contributed by atoms with Gasteiger partial charge in [-0.1, -0.05) is 23.7 Å². The summed E-state index contributed by atoms with van der Waals surface area (Å²) in [6.07, 6.45) is 0.775. The van der Waals surface area contributed by atoms with Crippen molar-refractivity contribution < 1.29 is 9.47 Å². The molecule has 96 valence electrons. The van der Waals surface area contributed by atoms with Crippen LogP contribution >= 0.6 is 11.6 Å². The van der Waals surface area contributed by atoms with Crippen molar-refractivity contribution in [1.29, 1.82) is 0 Å². The van der Waals surface area contributed by atoms with Gasteiger partial charge in [-0.3, -0.25) is 0 Å². The van der Waals surface area contributed by atoms with Crippen LogP contribution < -0.4 is 5.73 Å². The highest BCUT2D eigenvalue weighted by Crippen LogP contribution is 2.22. The maximum atomic E-state index is 5.93. The SMILES string of the molecule is COCCCOC(c1ccc(Cl)cc1)C(C)N. The molecule has 0 fully saturated rings. The Balaban J connectivity index is 2.56. The maximum absolute atomic E-state index is 5.93. The van der Waals surface area contributed by atoms with Crippen molar-refractivity contribution in [2.24, 2.45) is 5.73 Å². The number of rotatable bonds is 7. The van der Waals surface area contributed by atoms with E-state index < -0.39 is 0 Å². The van der Waals surface area contributed by atoms with E-state index in [0.717, 1.165) is 17.0 Å². The maximum Gasteiger partial charge on any atom is 0.0972 e. The Labute approximate surface area is 108 Å². The number of halogens is 1. The molecule has 0 aromatic heterocycles. The van der Waals surface area contributed by atoms with Crippen LogP contribution in [0, 0.1) is 0 Å². The first-order valence-corrected chi connectivity index (χ1v) is 6.14. The average molecular weight is 258 g/mol. The lowest BCUT2D eigenvalue weighted by Gasteiger charge is -2.22. The zero-order valence-corrected chi connectivity index (χ0v) is 11.1. The third-order valence-corrected chi connectivity index (χ3v) is 2.72. The molecule has 3 nitrogen and oxygen atoms in total. The van der Waals surface area contributed by atoms with Crippen molar-refractivity contribution in [1.82, 2.24) is 0 Å². The molecule has 0 aliphatic heterocycles. The fraction of sp³-hybridized carbons (Fsp3) is 0.538. The summed E-state index contributed by atoms with van der Waals surface area (Å²) < 4.78 is 10.8. The number of hydrogen-bond acceptors (Lipinski definition) is 3. The molecule has 2 N–H and O–H groups in total. The summed E-state index contributed by atoms with van der Waals surface area (Å²) in [5.74, 6) is 0. The van der Waals surface area contributed by atoms with Crippen molar-refractivity contribution in [3.8, 4) is 0 Å². The van der Waals surface area contributed by atoms with Gasteiger partial charge >= 0.3 is 0 Å². The van der Waals surface area contributed by atoms with Crippen LogP contribution in [0.3, 0.4) is 0 Å². The Kier molecular flexibility index (Phi) is 6.52. The minimum Gasteiger partial charge on any atom is -0.385 e. The molecule has 0 heterocycles. The Hall–Kier alpha value is -0.610. The highest BCUT2D eigenvalue weighted by molar-refractivity contribution is 6.30. The zero-order valence-electron chi connectivity index (χ0n) is 10.4. The van der Waals surface area contributed by atoms with Crippen LogP contribution in [0.15, 0.2) is 24.3 Å². The van der Waals surface area contributed by atoms with Crippen molar-refractivity contribution in [3.05, 3.63) is 34.9 Å². The van der Waals surface area contributed by atoms with E-state index in [1.54, 1.807) is 7.11 Å². The molecule has 0 spiro atoms. The van der Waals surface area contributed by atoms with Crippen LogP contribution in [-0.2, 0) is 9.47 Å². The Morgan fingerprint density at radius 3 is 2.41 bits per heavy atom. The van der Waals surface area contributed by atoms with E-state index in [1.807, 2.05) is 31.2 Å². The van der Waals surface area contributed by atoms with E-state index in [1.165, 1.54) is 0 Å². The largest absolute Gasteiger partial charge is 0.385 e. The minimum absolute atomic E-state index is 0.0567. The highest BCUT2D eigenvalue weighted by atomic mass is 35.5. The van der Waals surface area contributed by atoms with E-state index in [2.05, 4.69) is 0 Å². The van der Waals surface area contributed by atoms with Crippen molar-refractivity contribution in [3.63, 3.8) is 0 Å². The second-order valence-corrected chi connectivity index (χ2v) is 4.48. The molecule has 0 bridgehead atoms. The molecular weight excluding hydrogens is 238 g/mol. The number of hydrogen-bond donors (Lipinski definition) is 1. The van der Waals surface area contributed by atoms with Crippen molar-refractivity contribution >= 4 is 11.6 Å². The number of methoxy groups -OCH3 is 1. The highest BCUT2D eigenvalue weighted by Gasteiger charge is 2.16. The Bertz CT molecular complexity index is 314. The summed E-state index contributed by atoms with van der Waals surface area (Å²) in [7, 11) is 1.68. The number of ether oxygens (including phenoxy) is 2. The van der Waals surface area contributed by atoms with Gasteiger partial charge < -0.3 is 15.2 Å². The van der Waals surface area contributed by atoms with E-state index >= 15 is 0 Å². The molecule has 0 aliphatic rings. The molecule has 0 amide bonds. The summed E-state index contributed by atoms with van der Waals surface area (Å²) in [6.45, 7) is 3.28. The van der Waals surface area contributed by atoms with Gasteiger partial charge in [-0.25, -0.2) is 0 Å². The van der Waals surface area contributed by atoms with Crippen LogP contribution in [0.2, 0.25) is 5.02 Å². The molecule has 0 aliphatic carbocycles. The van der Waals surface area contributed by atoms with Crippen LogP contribution in [0.4, 0.5) is 0 Å². The smallest absolute Gasteiger partial charge is 0.0972 e. The first kappa shape index (κ1) is 14.5. The molecule has 17 heavy (non-hydrogen) atoms. The third kappa shape index (κ3) is 5.04. The van der Waals surface area contributed by atoms with Crippen molar-refractivity contribution in [2.75, 3.05) is 20.3 Å². The van der Waals surface area contributed by atoms with Gasteiger partial charge in [-0.15, -0.1) is 0 Å². The summed E-state index contributed by atoms with van der Waals surface area (Å²) in [6, 6.07) is 7.55. The molecule has 4 heteroatoms. The number of nitrogens with two attached hydrogens (primary N) is 1. The fourth-order valence-electron chi connectivity index (χ4n) is 1.62. The van der Waals surface area contributed by atoms with Crippen LogP contribution in [0.1, 0.15) is 25.0 Å². The lowest BCUT2D eigenvalue weighted by Crippen LogP contribution is -2.27. The van der Waals surface area contributed by atoms with E-state index in [9.17, 15) is 0 Å². The van der Waals surface area contributed by atoms with Gasteiger partial charge in [-0.05, 0) is 31.0 Å². The van der Waals surface area contributed by atoms with Gasteiger partial charge in [0.15, 0.2) is 0 Å². The average Bonchev–Trinajstić information content (AvgIpc) is 2.30. The van der Waals surface area contributed by atoms with Gasteiger partial charge in [0.2, 0.25) is 0 Å². The molecule has 2 unspecified atom stereocenters. The summed E-state index contributed by atoms with van der Waals surface area (Å²) in [4.78, 5) is 0. The summed E-state index contributed by atoms with van der Waals surface area (Å²) in [5.41, 5.74) is 6.99. The van der Waals surface area contributed by atoms with Crippen LogP contribution in [0.25, 0.3) is 0 Å². The standard InChI is InChI=1S/C13H20ClNO2/c1-10(15)13(17-9-3-8-16-2)11-4-6-12(14)7-5-11/h4-7,10,13H,3,8-9,15H2,1-2H3. The third-order valence-electron chi connectivity index (χ3n) is 2.47. The van der Waals surface area contributed by atoms with Gasteiger partial charge in [0, 0.05) is 31.4 Å². The molecule has 0 radical (unpaired) electrons. The lowest BCUT2D eigenvalue weighted by atomic mass is 10.0. The molecule has 1 aromatic carbocycles. The molecule has 1 rings (SSSR count). The second-order valence-electron chi connectivity index (χ2n) is 4.05. The van der Waals surface area contributed by atoms with Crippen molar-refractivity contribution in [2.45, 2.75) is 25.5 Å². The van der Waals surface area contributed by atoms with E-state index in [0.29, 0.717) is 13.2 Å². The molecule has 0 saturated carbocycles. The van der Waals surface area contributed by atoms with Gasteiger partial charge in [0.25, 0.3) is 0 Å². The molecule has 0 saturated heterocycles. The van der Waals surface area contributed by atoms with Crippen LogP contribution in [-0.4, -0.2) is 26.4 Å². The number of benzene rings is 1. The van der Waals surface area contributed by atoms with E-state index in [4.69, 9.17) is 26.8 Å².